The van der Waals surface area contributed by atoms with Gasteiger partial charge in [-0.3, -0.25) is 0 Å². The Labute approximate surface area is 165 Å². The van der Waals surface area contributed by atoms with E-state index in [1.54, 1.807) is 53.4 Å². The molecular weight excluding hydrogens is 388 g/mol. The maximum absolute atomic E-state index is 12.8. The van der Waals surface area contributed by atoms with E-state index in [1.165, 1.54) is 0 Å². The van der Waals surface area contributed by atoms with Crippen molar-refractivity contribution in [1.29, 1.82) is 0 Å². The number of amides is 2. The van der Waals surface area contributed by atoms with Crippen molar-refractivity contribution in [1.82, 2.24) is 4.90 Å². The van der Waals surface area contributed by atoms with Crippen LogP contribution < -0.4 is 9.50 Å². The fourth-order valence-corrected chi connectivity index (χ4v) is 3.08. The Kier molecular flexibility index (Phi) is 7.10. The maximum Gasteiger partial charge on any atom is 0.322 e. The average Bonchev–Trinajstić information content (AvgIpc) is 2.59. The van der Waals surface area contributed by atoms with Crippen molar-refractivity contribution in [2.45, 2.75) is 32.9 Å². The van der Waals surface area contributed by atoms with E-state index in [4.69, 9.17) is 15.8 Å². The minimum absolute atomic E-state index is 0.0103. The first kappa shape index (κ1) is 21.1. The van der Waals surface area contributed by atoms with Crippen LogP contribution in [0.2, 0.25) is 5.02 Å². The van der Waals surface area contributed by atoms with Gasteiger partial charge in [-0.15, -0.1) is 0 Å². The molecule has 146 valence electrons. The zero-order valence-corrected chi connectivity index (χ0v) is 17.0. The van der Waals surface area contributed by atoms with E-state index in [9.17, 15) is 13.2 Å². The Morgan fingerprint density at radius 1 is 1.22 bits per heavy atom. The first-order valence-corrected chi connectivity index (χ1v) is 10.7. The zero-order chi connectivity index (χ0) is 20.0. The van der Waals surface area contributed by atoms with E-state index in [1.807, 2.05) is 13.8 Å². The highest BCUT2D eigenvalue weighted by molar-refractivity contribution is 7.86. The smallest absolute Gasteiger partial charge is 0.322 e. The minimum Gasteiger partial charge on any atom is -0.383 e. The fourth-order valence-electron chi connectivity index (χ4n) is 2.43. The van der Waals surface area contributed by atoms with E-state index in [-0.39, 0.29) is 17.8 Å². The molecule has 1 unspecified atom stereocenters. The molecule has 0 aliphatic heterocycles. The van der Waals surface area contributed by atoms with Crippen LogP contribution >= 0.6 is 11.6 Å². The van der Waals surface area contributed by atoms with Crippen LogP contribution in [0.3, 0.4) is 0 Å². The lowest BCUT2D eigenvalue weighted by Gasteiger charge is -2.29. The normalized spacial score (nSPS) is 12.3. The summed E-state index contributed by atoms with van der Waals surface area (Å²) in [7, 11) is -3.57. The molecule has 2 aromatic rings. The molecule has 0 bridgehead atoms. The van der Waals surface area contributed by atoms with E-state index in [0.29, 0.717) is 17.3 Å². The number of halogens is 1. The van der Waals surface area contributed by atoms with Crippen LogP contribution in [-0.2, 0) is 16.7 Å². The highest BCUT2D eigenvalue weighted by Crippen LogP contribution is 2.19. The maximum atomic E-state index is 12.8. The van der Waals surface area contributed by atoms with Crippen LogP contribution in [0.1, 0.15) is 25.8 Å². The molecule has 1 atom stereocenters. The molecule has 0 fully saturated rings. The molecular formula is C19H23ClN2O4S. The van der Waals surface area contributed by atoms with Gasteiger partial charge in [-0.05, 0) is 49.2 Å². The highest BCUT2D eigenvalue weighted by atomic mass is 35.5. The molecule has 2 aromatic carbocycles. The predicted molar refractivity (Wildman–Crippen MR) is 108 cm³/mol. The number of benzene rings is 2. The molecule has 0 saturated heterocycles. The molecule has 8 heteroatoms. The number of hydrogen-bond donors (Lipinski definition) is 1. The Bertz CT molecular complexity index is 885. The Balaban J connectivity index is 2.13. The number of rotatable bonds is 7. The monoisotopic (exact) mass is 410 g/mol. The van der Waals surface area contributed by atoms with Gasteiger partial charge in [-0.1, -0.05) is 36.7 Å². The number of carbonyl (C=O) groups excluding carboxylic acids is 1. The molecule has 0 saturated carbocycles. The molecule has 1 N–H and O–H groups in total. The summed E-state index contributed by atoms with van der Waals surface area (Å²) in [5.74, 6) is 0.236. The van der Waals surface area contributed by atoms with Crippen molar-refractivity contribution in [3.63, 3.8) is 0 Å². The summed E-state index contributed by atoms with van der Waals surface area (Å²) in [5, 5.41) is 3.41. The second-order valence-corrected chi connectivity index (χ2v) is 8.27. The van der Waals surface area contributed by atoms with E-state index < -0.39 is 10.1 Å². The van der Waals surface area contributed by atoms with Gasteiger partial charge in [0.2, 0.25) is 0 Å². The van der Waals surface area contributed by atoms with E-state index >= 15 is 0 Å². The Hall–Kier alpha value is -2.25. The summed E-state index contributed by atoms with van der Waals surface area (Å²) < 4.78 is 27.2. The standard InChI is InChI=1S/C19H23ClN2O4S/c1-4-14(2)22(19(23)21-17-7-5-6-16(20)12-17)13-15-8-10-18(11-9-15)26-27(3,24)25/h5-12,14H,4,13H2,1-3H3,(H,21,23). The quantitative estimate of drug-likeness (QED) is 0.681. The number of nitrogens with one attached hydrogen (secondary N) is 1. The van der Waals surface area contributed by atoms with Crippen LogP contribution in [0.15, 0.2) is 48.5 Å². The van der Waals surface area contributed by atoms with Crippen LogP contribution in [0, 0.1) is 0 Å². The summed E-state index contributed by atoms with van der Waals surface area (Å²) in [6.45, 7) is 4.35. The summed E-state index contributed by atoms with van der Waals surface area (Å²) >= 11 is 5.97. The van der Waals surface area contributed by atoms with Crippen molar-refractivity contribution < 1.29 is 17.4 Å². The van der Waals surface area contributed by atoms with Gasteiger partial charge in [0.05, 0.1) is 6.26 Å². The van der Waals surface area contributed by atoms with Gasteiger partial charge in [0.1, 0.15) is 5.75 Å². The Morgan fingerprint density at radius 2 is 1.89 bits per heavy atom. The first-order valence-electron chi connectivity index (χ1n) is 8.49. The van der Waals surface area contributed by atoms with Gasteiger partial charge >= 0.3 is 16.1 Å². The van der Waals surface area contributed by atoms with Gasteiger partial charge in [-0.2, -0.15) is 8.42 Å². The second kappa shape index (κ2) is 9.10. The highest BCUT2D eigenvalue weighted by Gasteiger charge is 2.19. The summed E-state index contributed by atoms with van der Waals surface area (Å²) in [5.41, 5.74) is 1.48. The summed E-state index contributed by atoms with van der Waals surface area (Å²) in [6, 6.07) is 13.4. The number of carbonyl (C=O) groups is 1. The van der Waals surface area contributed by atoms with Crippen LogP contribution in [-0.4, -0.2) is 31.6 Å². The van der Waals surface area contributed by atoms with Crippen LogP contribution in [0.4, 0.5) is 10.5 Å². The van der Waals surface area contributed by atoms with E-state index in [0.717, 1.165) is 18.2 Å². The number of urea groups is 1. The van der Waals surface area contributed by atoms with Crippen molar-refractivity contribution in [3.8, 4) is 5.75 Å². The summed E-state index contributed by atoms with van der Waals surface area (Å²) in [4.78, 5) is 14.5. The largest absolute Gasteiger partial charge is 0.383 e. The van der Waals surface area contributed by atoms with Gasteiger partial charge in [0, 0.05) is 23.3 Å². The van der Waals surface area contributed by atoms with E-state index in [2.05, 4.69) is 5.32 Å². The first-order chi connectivity index (χ1) is 12.7. The lowest BCUT2D eigenvalue weighted by Crippen LogP contribution is -2.40. The van der Waals surface area contributed by atoms with Gasteiger partial charge in [0.15, 0.2) is 0 Å². The molecule has 0 aliphatic carbocycles. The third-order valence-corrected chi connectivity index (χ3v) is 4.71. The third-order valence-electron chi connectivity index (χ3n) is 3.98. The summed E-state index contributed by atoms with van der Waals surface area (Å²) in [6.07, 6.45) is 1.78. The Morgan fingerprint density at radius 3 is 2.44 bits per heavy atom. The topological polar surface area (TPSA) is 75.7 Å². The molecule has 0 heterocycles. The van der Waals surface area contributed by atoms with Crippen molar-refractivity contribution in [3.05, 3.63) is 59.1 Å². The molecule has 2 rings (SSSR count). The fraction of sp³-hybridized carbons (Fsp3) is 0.316. The molecule has 2 amide bonds. The number of anilines is 1. The zero-order valence-electron chi connectivity index (χ0n) is 15.5. The molecule has 6 nitrogen and oxygen atoms in total. The molecule has 0 aromatic heterocycles. The molecule has 27 heavy (non-hydrogen) atoms. The van der Waals surface area contributed by atoms with Crippen molar-refractivity contribution in [2.75, 3.05) is 11.6 Å². The lowest BCUT2D eigenvalue weighted by molar-refractivity contribution is 0.187. The average molecular weight is 411 g/mol. The molecule has 0 radical (unpaired) electrons. The molecule has 0 spiro atoms. The second-order valence-electron chi connectivity index (χ2n) is 6.26. The number of nitrogens with zero attached hydrogens (tertiary/aromatic N) is 1. The van der Waals surface area contributed by atoms with Crippen molar-refractivity contribution in [2.24, 2.45) is 0 Å². The lowest BCUT2D eigenvalue weighted by atomic mass is 10.1. The predicted octanol–water partition coefficient (Wildman–Crippen LogP) is 4.51. The van der Waals surface area contributed by atoms with Crippen LogP contribution in [0.25, 0.3) is 0 Å². The van der Waals surface area contributed by atoms with Crippen LogP contribution in [0.5, 0.6) is 5.75 Å². The van der Waals surface area contributed by atoms with Gasteiger partial charge in [0.25, 0.3) is 0 Å². The third kappa shape index (κ3) is 6.77. The van der Waals surface area contributed by atoms with Gasteiger partial charge < -0.3 is 14.4 Å². The SMILES string of the molecule is CCC(C)N(Cc1ccc(OS(C)(=O)=O)cc1)C(=O)Nc1cccc(Cl)c1. The minimum atomic E-state index is -3.57. The van der Waals surface area contributed by atoms with Gasteiger partial charge in [-0.25, -0.2) is 4.79 Å². The number of hydrogen-bond acceptors (Lipinski definition) is 4. The molecule has 0 aliphatic rings. The van der Waals surface area contributed by atoms with Crippen molar-refractivity contribution >= 4 is 33.4 Å².